The minimum atomic E-state index is -3.67. The van der Waals surface area contributed by atoms with Crippen LogP contribution in [-0.4, -0.2) is 34.9 Å². The number of carbonyl (C=O) groups excluding carboxylic acids is 1. The van der Waals surface area contributed by atoms with Gasteiger partial charge < -0.3 is 14.8 Å². The predicted octanol–water partition coefficient (Wildman–Crippen LogP) is 4.55. The van der Waals surface area contributed by atoms with E-state index in [-0.39, 0.29) is 36.1 Å². The largest absolute Gasteiger partial charge is 0.322 e. The number of imidazole rings is 1. The lowest BCUT2D eigenvalue weighted by Crippen LogP contribution is -2.37. The van der Waals surface area contributed by atoms with Gasteiger partial charge in [0.15, 0.2) is 0 Å². The maximum atomic E-state index is 13.1. The standard InChI is InChI=1S/C25H28N4O3S/c1-3-15-28-23(16-26-25(28)33(31,32)18-20-7-5-4-6-8-20)17-29(22-13-14-22)24(30)27-21-11-9-19(2)10-12-21/h3-12,16,22H,1,13-15,17-18H2,2H3,(H,27,30). The first kappa shape index (κ1) is 22.8. The summed E-state index contributed by atoms with van der Waals surface area (Å²) in [7, 11) is -3.67. The van der Waals surface area contributed by atoms with Gasteiger partial charge >= 0.3 is 6.03 Å². The van der Waals surface area contributed by atoms with Gasteiger partial charge in [0.1, 0.15) is 0 Å². The summed E-state index contributed by atoms with van der Waals surface area (Å²) >= 11 is 0. The van der Waals surface area contributed by atoms with Crippen LogP contribution in [0.3, 0.4) is 0 Å². The lowest BCUT2D eigenvalue weighted by Gasteiger charge is -2.23. The molecule has 4 rings (SSSR count). The van der Waals surface area contributed by atoms with Crippen LogP contribution >= 0.6 is 0 Å². The number of nitrogens with zero attached hydrogens (tertiary/aromatic N) is 3. The Bertz CT molecular complexity index is 1230. The highest BCUT2D eigenvalue weighted by atomic mass is 32.2. The smallest absolute Gasteiger partial charge is 0.316 e. The van der Waals surface area contributed by atoms with Crippen molar-refractivity contribution in [2.75, 3.05) is 5.32 Å². The summed E-state index contributed by atoms with van der Waals surface area (Å²) in [5, 5.41) is 2.95. The van der Waals surface area contributed by atoms with E-state index in [1.54, 1.807) is 33.9 Å². The summed E-state index contributed by atoms with van der Waals surface area (Å²) in [6.45, 7) is 6.32. The van der Waals surface area contributed by atoms with Gasteiger partial charge in [-0.3, -0.25) is 0 Å². The first-order chi connectivity index (χ1) is 15.9. The molecule has 0 bridgehead atoms. The molecule has 1 aliphatic rings. The number of nitrogens with one attached hydrogen (secondary N) is 1. The molecule has 2 amide bonds. The molecule has 3 aromatic rings. The van der Waals surface area contributed by atoms with Crippen molar-refractivity contribution in [1.82, 2.24) is 14.5 Å². The highest BCUT2D eigenvalue weighted by molar-refractivity contribution is 7.90. The zero-order valence-electron chi connectivity index (χ0n) is 18.6. The van der Waals surface area contributed by atoms with Crippen LogP contribution in [0.5, 0.6) is 0 Å². The minimum Gasteiger partial charge on any atom is -0.316 e. The van der Waals surface area contributed by atoms with E-state index in [9.17, 15) is 13.2 Å². The molecule has 1 aliphatic carbocycles. The molecular formula is C25H28N4O3S. The van der Waals surface area contributed by atoms with Crippen molar-refractivity contribution < 1.29 is 13.2 Å². The van der Waals surface area contributed by atoms with Crippen LogP contribution in [0.1, 0.15) is 29.7 Å². The monoisotopic (exact) mass is 464 g/mol. The summed E-state index contributed by atoms with van der Waals surface area (Å²) < 4.78 is 27.9. The first-order valence-corrected chi connectivity index (χ1v) is 12.6. The Morgan fingerprint density at radius 1 is 1.18 bits per heavy atom. The zero-order valence-corrected chi connectivity index (χ0v) is 19.5. The molecular weight excluding hydrogens is 436 g/mol. The summed E-state index contributed by atoms with van der Waals surface area (Å²) in [4.78, 5) is 19.1. The average Bonchev–Trinajstić information content (AvgIpc) is 3.55. The van der Waals surface area contributed by atoms with Crippen molar-refractivity contribution in [3.63, 3.8) is 0 Å². The van der Waals surface area contributed by atoms with E-state index in [1.165, 1.54) is 0 Å². The third-order valence-electron chi connectivity index (χ3n) is 5.57. The highest BCUT2D eigenvalue weighted by Crippen LogP contribution is 2.30. The van der Waals surface area contributed by atoms with Gasteiger partial charge in [-0.25, -0.2) is 18.2 Å². The molecule has 1 fully saturated rings. The second-order valence-electron chi connectivity index (χ2n) is 8.33. The van der Waals surface area contributed by atoms with Crippen LogP contribution in [0.25, 0.3) is 0 Å². The van der Waals surface area contributed by atoms with E-state index in [2.05, 4.69) is 16.9 Å². The summed E-state index contributed by atoms with van der Waals surface area (Å²) in [5.41, 5.74) is 3.20. The lowest BCUT2D eigenvalue weighted by molar-refractivity contribution is 0.204. The Morgan fingerprint density at radius 3 is 2.52 bits per heavy atom. The molecule has 33 heavy (non-hydrogen) atoms. The number of allylic oxidation sites excluding steroid dienone is 1. The van der Waals surface area contributed by atoms with E-state index >= 15 is 0 Å². The Hall–Kier alpha value is -3.39. The third kappa shape index (κ3) is 5.51. The molecule has 2 aromatic carbocycles. The number of hydrogen-bond acceptors (Lipinski definition) is 4. The highest BCUT2D eigenvalue weighted by Gasteiger charge is 2.34. The first-order valence-electron chi connectivity index (χ1n) is 10.9. The molecule has 0 unspecified atom stereocenters. The maximum Gasteiger partial charge on any atom is 0.322 e. The molecule has 0 radical (unpaired) electrons. The SMILES string of the molecule is C=CCn1c(CN(C(=O)Nc2ccc(C)cc2)C2CC2)cnc1S(=O)(=O)Cc1ccccc1. The molecule has 1 aromatic heterocycles. The quantitative estimate of drug-likeness (QED) is 0.471. The second kappa shape index (κ2) is 9.62. The van der Waals surface area contributed by atoms with E-state index in [0.717, 1.165) is 24.1 Å². The van der Waals surface area contributed by atoms with E-state index in [4.69, 9.17) is 0 Å². The topological polar surface area (TPSA) is 84.3 Å². The third-order valence-corrected chi connectivity index (χ3v) is 7.17. The molecule has 8 heteroatoms. The summed E-state index contributed by atoms with van der Waals surface area (Å²) in [6.07, 6.45) is 5.04. The number of aromatic nitrogens is 2. The van der Waals surface area contributed by atoms with Gasteiger partial charge in [-0.1, -0.05) is 54.1 Å². The maximum absolute atomic E-state index is 13.1. The van der Waals surface area contributed by atoms with Crippen molar-refractivity contribution in [1.29, 1.82) is 0 Å². The van der Waals surface area contributed by atoms with Gasteiger partial charge in [-0.05, 0) is 37.5 Å². The number of hydrogen-bond donors (Lipinski definition) is 1. The van der Waals surface area contributed by atoms with Gasteiger partial charge in [0.2, 0.25) is 15.0 Å². The van der Waals surface area contributed by atoms with Crippen molar-refractivity contribution >= 4 is 21.6 Å². The van der Waals surface area contributed by atoms with E-state index in [1.807, 2.05) is 49.4 Å². The Balaban J connectivity index is 1.57. The van der Waals surface area contributed by atoms with E-state index < -0.39 is 9.84 Å². The molecule has 0 aliphatic heterocycles. The fraction of sp³-hybridized carbons (Fsp3) is 0.280. The van der Waals surface area contributed by atoms with Gasteiger partial charge in [0.05, 0.1) is 24.2 Å². The second-order valence-corrected chi connectivity index (χ2v) is 10.2. The van der Waals surface area contributed by atoms with Crippen LogP contribution < -0.4 is 5.32 Å². The number of aryl methyl sites for hydroxylation is 1. The van der Waals surface area contributed by atoms with Gasteiger partial charge in [-0.15, -0.1) is 6.58 Å². The van der Waals surface area contributed by atoms with Crippen molar-refractivity contribution in [3.8, 4) is 0 Å². The van der Waals surface area contributed by atoms with Crippen molar-refractivity contribution in [2.24, 2.45) is 0 Å². The molecule has 1 heterocycles. The number of anilines is 1. The predicted molar refractivity (Wildman–Crippen MR) is 129 cm³/mol. The zero-order chi connectivity index (χ0) is 23.4. The van der Waals surface area contributed by atoms with Gasteiger partial charge in [0, 0.05) is 18.3 Å². The summed E-state index contributed by atoms with van der Waals surface area (Å²) in [6, 6.07) is 16.6. The molecule has 0 atom stereocenters. The lowest BCUT2D eigenvalue weighted by atomic mass is 10.2. The number of amides is 2. The van der Waals surface area contributed by atoms with Gasteiger partial charge in [-0.2, -0.15) is 0 Å². The molecule has 0 saturated heterocycles. The Morgan fingerprint density at radius 2 is 1.88 bits per heavy atom. The van der Waals surface area contributed by atoms with Gasteiger partial charge in [0.25, 0.3) is 0 Å². The number of carbonyl (C=O) groups is 1. The minimum absolute atomic E-state index is 0.00376. The van der Waals surface area contributed by atoms with Crippen LogP contribution in [0.15, 0.2) is 78.6 Å². The molecule has 7 nitrogen and oxygen atoms in total. The summed E-state index contributed by atoms with van der Waals surface area (Å²) in [5.74, 6) is -0.137. The molecule has 1 N–H and O–H groups in total. The fourth-order valence-electron chi connectivity index (χ4n) is 3.71. The van der Waals surface area contributed by atoms with E-state index in [0.29, 0.717) is 11.3 Å². The number of rotatable bonds is 9. The molecule has 172 valence electrons. The normalized spacial score (nSPS) is 13.5. The van der Waals surface area contributed by atoms with Crippen molar-refractivity contribution in [2.45, 2.75) is 49.8 Å². The number of benzene rings is 2. The number of sulfone groups is 1. The van der Waals surface area contributed by atoms with Crippen LogP contribution in [0.2, 0.25) is 0 Å². The molecule has 0 spiro atoms. The van der Waals surface area contributed by atoms with Crippen LogP contribution in [-0.2, 0) is 28.7 Å². The average molecular weight is 465 g/mol. The Kier molecular flexibility index (Phi) is 6.65. The van der Waals surface area contributed by atoms with Crippen molar-refractivity contribution in [3.05, 3.63) is 90.3 Å². The fourth-order valence-corrected chi connectivity index (χ4v) is 5.21. The Labute approximate surface area is 194 Å². The molecule has 1 saturated carbocycles. The number of urea groups is 1. The van der Waals surface area contributed by atoms with Crippen LogP contribution in [0.4, 0.5) is 10.5 Å². The van der Waals surface area contributed by atoms with Crippen LogP contribution in [0, 0.1) is 6.92 Å².